The zero-order valence-electron chi connectivity index (χ0n) is 17.8. The second-order valence-electron chi connectivity index (χ2n) is 8.31. The predicted molar refractivity (Wildman–Crippen MR) is 126 cm³/mol. The number of likely N-dealkylation sites (tertiary alicyclic amines) is 1. The lowest BCUT2D eigenvalue weighted by molar-refractivity contribution is -0.0488. The van der Waals surface area contributed by atoms with Crippen molar-refractivity contribution in [2.24, 2.45) is 0 Å². The van der Waals surface area contributed by atoms with E-state index in [2.05, 4.69) is 11.0 Å². The summed E-state index contributed by atoms with van der Waals surface area (Å²) < 4.78 is 5.32. The summed E-state index contributed by atoms with van der Waals surface area (Å²) in [7, 11) is 1.60. The number of carbonyl (C=O) groups excluding carboxylic acids is 1. The molecule has 32 heavy (non-hydrogen) atoms. The number of aliphatic hydroxyl groups is 1. The van der Waals surface area contributed by atoms with Crippen molar-refractivity contribution >= 4 is 23.2 Å². The number of methoxy groups -OCH3 is 1. The molecule has 3 aromatic rings. The number of benzene rings is 3. The van der Waals surface area contributed by atoms with Crippen LogP contribution >= 0.6 is 11.6 Å². The molecule has 0 aliphatic carbocycles. The maximum Gasteiger partial charge on any atom is 0.258 e. The molecule has 3 aromatic carbocycles. The molecular formula is C26H25ClN2O3. The van der Waals surface area contributed by atoms with Crippen molar-refractivity contribution in [2.75, 3.05) is 25.2 Å². The number of nitrogens with zero attached hydrogens (tertiary/aromatic N) is 2. The van der Waals surface area contributed by atoms with Gasteiger partial charge in [0.1, 0.15) is 5.75 Å². The summed E-state index contributed by atoms with van der Waals surface area (Å²) in [4.78, 5) is 17.7. The summed E-state index contributed by atoms with van der Waals surface area (Å²) in [5.74, 6) is 0.774. The number of ether oxygens (including phenoxy) is 1. The van der Waals surface area contributed by atoms with E-state index in [0.29, 0.717) is 29.4 Å². The molecule has 1 N–H and O–H groups in total. The Balaban J connectivity index is 1.50. The van der Waals surface area contributed by atoms with Gasteiger partial charge < -0.3 is 14.7 Å². The third-order valence-electron chi connectivity index (χ3n) is 6.70. The number of aliphatic hydroxyl groups excluding tert-OH is 1. The van der Waals surface area contributed by atoms with Gasteiger partial charge in [0.05, 0.1) is 13.7 Å². The number of hydrogen-bond donors (Lipinski definition) is 1. The zero-order valence-corrected chi connectivity index (χ0v) is 18.6. The number of para-hydroxylation sites is 1. The van der Waals surface area contributed by atoms with Gasteiger partial charge in [0, 0.05) is 47.4 Å². The first kappa shape index (κ1) is 21.0. The average Bonchev–Trinajstić information content (AvgIpc) is 2.83. The second kappa shape index (κ2) is 8.58. The zero-order chi connectivity index (χ0) is 22.2. The number of amides is 1. The van der Waals surface area contributed by atoms with Gasteiger partial charge in [0.25, 0.3) is 5.91 Å². The van der Waals surface area contributed by atoms with Crippen LogP contribution in [0.2, 0.25) is 5.02 Å². The highest BCUT2D eigenvalue weighted by Gasteiger charge is 2.53. The van der Waals surface area contributed by atoms with E-state index in [1.807, 2.05) is 65.6 Å². The quantitative estimate of drug-likeness (QED) is 0.631. The van der Waals surface area contributed by atoms with Crippen LogP contribution in [-0.4, -0.2) is 48.3 Å². The minimum Gasteiger partial charge on any atom is -0.497 e. The lowest BCUT2D eigenvalue weighted by Gasteiger charge is -2.59. The summed E-state index contributed by atoms with van der Waals surface area (Å²) in [6.07, 6.45) is 0. The van der Waals surface area contributed by atoms with Gasteiger partial charge in [-0.05, 0) is 41.5 Å². The monoisotopic (exact) mass is 448 g/mol. The van der Waals surface area contributed by atoms with Crippen molar-refractivity contribution < 1.29 is 14.6 Å². The summed E-state index contributed by atoms with van der Waals surface area (Å²) in [6, 6.07) is 23.2. The molecule has 0 unspecified atom stereocenters. The highest BCUT2D eigenvalue weighted by molar-refractivity contribution is 6.31. The van der Waals surface area contributed by atoms with Gasteiger partial charge in [0.2, 0.25) is 0 Å². The van der Waals surface area contributed by atoms with Crippen LogP contribution in [0.3, 0.4) is 0 Å². The molecule has 1 fully saturated rings. The third kappa shape index (κ3) is 3.47. The first-order chi connectivity index (χ1) is 15.6. The maximum absolute atomic E-state index is 13.6. The first-order valence-corrected chi connectivity index (χ1v) is 11.1. The van der Waals surface area contributed by atoms with Crippen LogP contribution in [0.15, 0.2) is 72.8 Å². The Morgan fingerprint density at radius 1 is 1.09 bits per heavy atom. The van der Waals surface area contributed by atoms with Crippen molar-refractivity contribution in [1.82, 2.24) is 4.90 Å². The molecule has 2 heterocycles. The maximum atomic E-state index is 13.6. The molecule has 164 valence electrons. The highest BCUT2D eigenvalue weighted by atomic mass is 35.5. The lowest BCUT2D eigenvalue weighted by atomic mass is 9.71. The van der Waals surface area contributed by atoms with E-state index < -0.39 is 0 Å². The number of rotatable bonds is 5. The van der Waals surface area contributed by atoms with Gasteiger partial charge in [-0.15, -0.1) is 0 Å². The Kier molecular flexibility index (Phi) is 5.64. The standard InChI is InChI=1S/C26H25ClN2O3/c1-32-19-9-6-8-17(13-19)26(31)29-15-23-25(20-10-3-5-12-22(20)29)24(16-30)28(23)14-18-7-2-4-11-21(18)27/h2-13,23-25,30H,14-16H2,1H3/t23-,24-,25+/m0/s1. The molecule has 0 spiro atoms. The molecule has 1 amide bonds. The van der Waals surface area contributed by atoms with Gasteiger partial charge in [-0.1, -0.05) is 54.1 Å². The largest absolute Gasteiger partial charge is 0.497 e. The number of halogens is 1. The molecule has 2 aliphatic heterocycles. The number of fused-ring (bicyclic) bond motifs is 3. The van der Waals surface area contributed by atoms with Gasteiger partial charge in [-0.2, -0.15) is 0 Å². The number of anilines is 1. The molecule has 0 radical (unpaired) electrons. The average molecular weight is 449 g/mol. The molecule has 6 heteroatoms. The molecular weight excluding hydrogens is 424 g/mol. The smallest absolute Gasteiger partial charge is 0.258 e. The minimum atomic E-state index is -0.0556. The van der Waals surface area contributed by atoms with Crippen LogP contribution in [0, 0.1) is 0 Å². The molecule has 0 bridgehead atoms. The Morgan fingerprint density at radius 2 is 1.88 bits per heavy atom. The summed E-state index contributed by atoms with van der Waals surface area (Å²) >= 11 is 6.42. The Bertz CT molecular complexity index is 1150. The van der Waals surface area contributed by atoms with Crippen molar-refractivity contribution in [3.05, 3.63) is 94.5 Å². The molecule has 0 saturated carbocycles. The van der Waals surface area contributed by atoms with Crippen molar-refractivity contribution in [1.29, 1.82) is 0 Å². The van der Waals surface area contributed by atoms with Crippen LogP contribution in [0.5, 0.6) is 5.75 Å². The molecule has 5 nitrogen and oxygen atoms in total. The summed E-state index contributed by atoms with van der Waals surface area (Å²) in [5.41, 5.74) is 3.63. The Labute approximate surface area is 192 Å². The SMILES string of the molecule is COc1cccc(C(=O)N2C[C@H]3[C@@H](c4ccccc42)[C@H](CO)N3Cc2ccccc2Cl)c1. The third-order valence-corrected chi connectivity index (χ3v) is 7.07. The number of hydrogen-bond acceptors (Lipinski definition) is 4. The van der Waals surface area contributed by atoms with E-state index in [-0.39, 0.29) is 30.5 Å². The fraction of sp³-hybridized carbons (Fsp3) is 0.269. The van der Waals surface area contributed by atoms with Crippen LogP contribution in [0.4, 0.5) is 5.69 Å². The van der Waals surface area contributed by atoms with E-state index in [1.54, 1.807) is 13.2 Å². The fourth-order valence-corrected chi connectivity index (χ4v) is 5.32. The Morgan fingerprint density at radius 3 is 2.66 bits per heavy atom. The molecule has 5 rings (SSSR count). The van der Waals surface area contributed by atoms with Gasteiger partial charge in [-0.3, -0.25) is 9.69 Å². The van der Waals surface area contributed by atoms with Gasteiger partial charge in [-0.25, -0.2) is 0 Å². The Hall–Kier alpha value is -2.86. The van der Waals surface area contributed by atoms with E-state index >= 15 is 0 Å². The topological polar surface area (TPSA) is 53.0 Å². The van der Waals surface area contributed by atoms with Crippen molar-refractivity contribution in [3.63, 3.8) is 0 Å². The van der Waals surface area contributed by atoms with E-state index in [9.17, 15) is 9.90 Å². The van der Waals surface area contributed by atoms with Gasteiger partial charge >= 0.3 is 0 Å². The summed E-state index contributed by atoms with van der Waals surface area (Å²) in [5, 5.41) is 10.9. The van der Waals surface area contributed by atoms with Crippen LogP contribution in [-0.2, 0) is 6.54 Å². The van der Waals surface area contributed by atoms with Crippen molar-refractivity contribution in [2.45, 2.75) is 24.5 Å². The van der Waals surface area contributed by atoms with Crippen molar-refractivity contribution in [3.8, 4) is 5.75 Å². The molecule has 2 aliphatic rings. The minimum absolute atomic E-state index is 0.00788. The number of carbonyl (C=O) groups is 1. The van der Waals surface area contributed by atoms with E-state index in [0.717, 1.165) is 16.8 Å². The fourth-order valence-electron chi connectivity index (χ4n) is 5.13. The van der Waals surface area contributed by atoms with Crippen LogP contribution in [0.1, 0.15) is 27.4 Å². The highest BCUT2D eigenvalue weighted by Crippen LogP contribution is 2.49. The molecule has 0 aromatic heterocycles. The second-order valence-corrected chi connectivity index (χ2v) is 8.72. The van der Waals surface area contributed by atoms with Crippen LogP contribution < -0.4 is 9.64 Å². The predicted octanol–water partition coefficient (Wildman–Crippen LogP) is 4.34. The normalized spacial score (nSPS) is 22.0. The summed E-state index contributed by atoms with van der Waals surface area (Å²) in [6.45, 7) is 1.25. The first-order valence-electron chi connectivity index (χ1n) is 10.8. The van der Waals surface area contributed by atoms with E-state index in [1.165, 1.54) is 0 Å². The van der Waals surface area contributed by atoms with Crippen LogP contribution in [0.25, 0.3) is 0 Å². The molecule has 1 saturated heterocycles. The lowest BCUT2D eigenvalue weighted by Crippen LogP contribution is -2.68. The molecule has 3 atom stereocenters. The van der Waals surface area contributed by atoms with E-state index in [4.69, 9.17) is 16.3 Å². The van der Waals surface area contributed by atoms with Gasteiger partial charge in [0.15, 0.2) is 0 Å².